The van der Waals surface area contributed by atoms with E-state index in [1.165, 1.54) is 0 Å². The van der Waals surface area contributed by atoms with Crippen LogP contribution in [0.15, 0.2) is 36.5 Å². The number of nitrogens with zero attached hydrogens (tertiary/aromatic N) is 5. The molecule has 0 spiro atoms. The van der Waals surface area contributed by atoms with E-state index in [9.17, 15) is 9.90 Å². The maximum absolute atomic E-state index is 12.7. The van der Waals surface area contributed by atoms with Crippen molar-refractivity contribution in [2.75, 3.05) is 6.61 Å². The molecule has 1 unspecified atom stereocenters. The summed E-state index contributed by atoms with van der Waals surface area (Å²) in [5.74, 6) is 0.405. The second-order valence-electron chi connectivity index (χ2n) is 6.44. The molecule has 3 aromatic rings. The Bertz CT molecular complexity index is 957. The van der Waals surface area contributed by atoms with Crippen LogP contribution in [0.1, 0.15) is 36.5 Å². The van der Waals surface area contributed by atoms with Crippen molar-refractivity contribution in [1.29, 1.82) is 0 Å². The molecule has 3 rings (SSSR count). The minimum Gasteiger partial charge on any atom is -0.394 e. The smallest absolute Gasteiger partial charge is 0.251 e. The largest absolute Gasteiger partial charge is 0.394 e. The Morgan fingerprint density at radius 3 is 2.82 bits per heavy atom. The van der Waals surface area contributed by atoms with Gasteiger partial charge in [0.2, 0.25) is 0 Å². The molecule has 0 aliphatic heterocycles. The average Bonchev–Trinajstić information content (AvgIpc) is 3.16. The molecular weight excluding hydrogens is 380 g/mol. The van der Waals surface area contributed by atoms with Gasteiger partial charge in [0.25, 0.3) is 5.91 Å². The van der Waals surface area contributed by atoms with E-state index in [2.05, 4.69) is 25.8 Å². The number of nitrogens with one attached hydrogen (secondary N) is 1. The predicted molar refractivity (Wildman–Crippen MR) is 105 cm³/mol. The topological polar surface area (TPSA) is 106 Å². The van der Waals surface area contributed by atoms with Crippen molar-refractivity contribution < 1.29 is 9.90 Å². The van der Waals surface area contributed by atoms with Crippen molar-refractivity contribution >= 4 is 17.5 Å². The van der Waals surface area contributed by atoms with E-state index < -0.39 is 0 Å². The van der Waals surface area contributed by atoms with E-state index in [1.807, 2.05) is 13.0 Å². The number of carbonyl (C=O) groups is 1. The number of aliphatic hydroxyl groups is 1. The number of aryl methyl sites for hydroxylation is 1. The van der Waals surface area contributed by atoms with Crippen LogP contribution >= 0.6 is 11.6 Å². The lowest BCUT2D eigenvalue weighted by atomic mass is 10.0. The Morgan fingerprint density at radius 2 is 2.14 bits per heavy atom. The molecular formula is C19H21ClN6O2. The molecule has 9 heteroatoms. The molecule has 2 N–H and O–H groups in total. The van der Waals surface area contributed by atoms with Crippen molar-refractivity contribution in [3.63, 3.8) is 0 Å². The van der Waals surface area contributed by atoms with Gasteiger partial charge in [0, 0.05) is 29.8 Å². The second kappa shape index (κ2) is 8.90. The summed E-state index contributed by atoms with van der Waals surface area (Å²) in [6, 6.07) is 8.49. The fourth-order valence-corrected chi connectivity index (χ4v) is 2.81. The van der Waals surface area contributed by atoms with Gasteiger partial charge in [-0.1, -0.05) is 18.5 Å². The first kappa shape index (κ1) is 19.9. The minimum absolute atomic E-state index is 0.148. The van der Waals surface area contributed by atoms with E-state index >= 15 is 0 Å². The van der Waals surface area contributed by atoms with E-state index in [4.69, 9.17) is 11.6 Å². The van der Waals surface area contributed by atoms with Crippen LogP contribution in [-0.4, -0.2) is 48.9 Å². The number of pyridine rings is 1. The molecule has 8 nitrogen and oxygen atoms in total. The van der Waals surface area contributed by atoms with Crippen LogP contribution in [0, 0.1) is 0 Å². The van der Waals surface area contributed by atoms with Crippen LogP contribution in [0.5, 0.6) is 0 Å². The van der Waals surface area contributed by atoms with Crippen molar-refractivity contribution in [1.82, 2.24) is 30.5 Å². The van der Waals surface area contributed by atoms with E-state index in [1.54, 1.807) is 42.1 Å². The first-order valence-corrected chi connectivity index (χ1v) is 9.36. The SMILES string of the molecule is CCCc1nnnn1-c1cc(C(=O)NC(C)CO)cc(-c2ccc(Cl)cn2)c1. The van der Waals surface area contributed by atoms with Crippen LogP contribution in [0.4, 0.5) is 0 Å². The lowest BCUT2D eigenvalue weighted by Crippen LogP contribution is -2.35. The number of aliphatic hydroxyl groups excluding tert-OH is 1. The third kappa shape index (κ3) is 4.52. The third-order valence-electron chi connectivity index (χ3n) is 4.11. The van der Waals surface area contributed by atoms with Crippen molar-refractivity contribution in [2.24, 2.45) is 0 Å². The summed E-state index contributed by atoms with van der Waals surface area (Å²) >= 11 is 5.94. The molecule has 28 heavy (non-hydrogen) atoms. The van der Waals surface area contributed by atoms with Crippen LogP contribution in [0.2, 0.25) is 5.02 Å². The Labute approximate surface area is 167 Å². The number of carbonyl (C=O) groups excluding carboxylic acids is 1. The zero-order valence-corrected chi connectivity index (χ0v) is 16.4. The van der Waals surface area contributed by atoms with Crippen molar-refractivity contribution in [3.05, 3.63) is 52.9 Å². The number of rotatable bonds is 7. The van der Waals surface area contributed by atoms with Gasteiger partial charge in [-0.15, -0.1) is 5.10 Å². The normalized spacial score (nSPS) is 12.0. The first-order chi connectivity index (χ1) is 13.5. The predicted octanol–water partition coefficient (Wildman–Crippen LogP) is 2.44. The summed E-state index contributed by atoms with van der Waals surface area (Å²) in [6.45, 7) is 3.62. The van der Waals surface area contributed by atoms with Crippen LogP contribution in [0.3, 0.4) is 0 Å². The molecule has 0 radical (unpaired) electrons. The highest BCUT2D eigenvalue weighted by molar-refractivity contribution is 6.30. The van der Waals surface area contributed by atoms with Gasteiger partial charge in [0.15, 0.2) is 5.82 Å². The van der Waals surface area contributed by atoms with Gasteiger partial charge < -0.3 is 10.4 Å². The fourth-order valence-electron chi connectivity index (χ4n) is 2.70. The maximum Gasteiger partial charge on any atom is 0.251 e. The van der Waals surface area contributed by atoms with Crippen molar-refractivity contribution in [3.8, 4) is 16.9 Å². The Kier molecular flexibility index (Phi) is 6.33. The summed E-state index contributed by atoms with van der Waals surface area (Å²) in [6.07, 6.45) is 3.15. The molecule has 2 heterocycles. The monoisotopic (exact) mass is 400 g/mol. The minimum atomic E-state index is -0.364. The zero-order chi connectivity index (χ0) is 20.1. The number of amides is 1. The molecule has 1 aromatic carbocycles. The Balaban J connectivity index is 2.09. The Hall–Kier alpha value is -2.84. The standard InChI is InChI=1S/C19H21ClN6O2/c1-3-4-18-23-24-25-26(18)16-8-13(17-6-5-15(20)10-21-17)7-14(9-16)19(28)22-12(2)11-27/h5-10,12,27H,3-4,11H2,1-2H3,(H,22,28). The molecule has 0 fully saturated rings. The zero-order valence-electron chi connectivity index (χ0n) is 15.6. The number of hydrogen-bond donors (Lipinski definition) is 2. The van der Waals surface area contributed by atoms with E-state index in [0.717, 1.165) is 12.0 Å². The van der Waals surface area contributed by atoms with E-state index in [0.29, 0.717) is 34.2 Å². The van der Waals surface area contributed by atoms with Crippen molar-refractivity contribution in [2.45, 2.75) is 32.7 Å². The lowest BCUT2D eigenvalue weighted by molar-refractivity contribution is 0.0922. The van der Waals surface area contributed by atoms with Crippen LogP contribution in [0.25, 0.3) is 16.9 Å². The maximum atomic E-state index is 12.7. The van der Waals surface area contributed by atoms with Gasteiger partial charge >= 0.3 is 0 Å². The van der Waals surface area contributed by atoms with Crippen LogP contribution < -0.4 is 5.32 Å². The summed E-state index contributed by atoms with van der Waals surface area (Å²) in [5, 5.41) is 24.4. The first-order valence-electron chi connectivity index (χ1n) is 8.98. The van der Waals surface area contributed by atoms with Gasteiger partial charge in [-0.05, 0) is 54.1 Å². The van der Waals surface area contributed by atoms with Crippen LogP contribution in [-0.2, 0) is 6.42 Å². The highest BCUT2D eigenvalue weighted by Crippen LogP contribution is 2.24. The summed E-state index contributed by atoms with van der Waals surface area (Å²) in [4.78, 5) is 17.0. The number of tetrazole rings is 1. The molecule has 0 aliphatic carbocycles. The lowest BCUT2D eigenvalue weighted by Gasteiger charge is -2.13. The summed E-state index contributed by atoms with van der Waals surface area (Å²) < 4.78 is 1.62. The molecule has 0 saturated heterocycles. The molecule has 0 bridgehead atoms. The Morgan fingerprint density at radius 1 is 1.32 bits per heavy atom. The van der Waals surface area contributed by atoms with Gasteiger partial charge in [0.1, 0.15) is 0 Å². The average molecular weight is 401 g/mol. The highest BCUT2D eigenvalue weighted by atomic mass is 35.5. The molecule has 1 amide bonds. The quantitative estimate of drug-likeness (QED) is 0.631. The molecule has 1 atom stereocenters. The van der Waals surface area contributed by atoms with Gasteiger partial charge in [0.05, 0.1) is 23.0 Å². The number of halogens is 1. The fraction of sp³-hybridized carbons (Fsp3) is 0.316. The molecule has 2 aromatic heterocycles. The van der Waals surface area contributed by atoms with E-state index in [-0.39, 0.29) is 18.6 Å². The van der Waals surface area contributed by atoms with Gasteiger partial charge in [-0.25, -0.2) is 0 Å². The molecule has 146 valence electrons. The third-order valence-corrected chi connectivity index (χ3v) is 4.33. The number of benzene rings is 1. The number of hydrogen-bond acceptors (Lipinski definition) is 6. The van der Waals surface area contributed by atoms with Gasteiger partial charge in [-0.2, -0.15) is 4.68 Å². The molecule has 0 saturated carbocycles. The summed E-state index contributed by atoms with van der Waals surface area (Å²) in [5.41, 5.74) is 2.47. The van der Waals surface area contributed by atoms with Gasteiger partial charge in [-0.3, -0.25) is 9.78 Å². The molecule has 0 aliphatic rings. The number of aromatic nitrogens is 5. The second-order valence-corrected chi connectivity index (χ2v) is 6.88. The summed E-state index contributed by atoms with van der Waals surface area (Å²) in [7, 11) is 0. The highest BCUT2D eigenvalue weighted by Gasteiger charge is 2.16.